The summed E-state index contributed by atoms with van der Waals surface area (Å²) in [6, 6.07) is 11.8. The van der Waals surface area contributed by atoms with E-state index in [1.807, 2.05) is 30.5 Å². The van der Waals surface area contributed by atoms with Crippen molar-refractivity contribution in [2.75, 3.05) is 20.0 Å². The van der Waals surface area contributed by atoms with E-state index in [0.717, 1.165) is 28.1 Å². The number of fused-ring (bicyclic) bond motifs is 1. The molecular formula is C24H21FN6O2S. The zero-order chi connectivity index (χ0) is 23.8. The molecule has 3 aromatic heterocycles. The summed E-state index contributed by atoms with van der Waals surface area (Å²) in [6.07, 6.45) is 0.658. The summed E-state index contributed by atoms with van der Waals surface area (Å²) in [6.45, 7) is 2.00. The van der Waals surface area contributed by atoms with Gasteiger partial charge in [0.2, 0.25) is 0 Å². The predicted octanol–water partition coefficient (Wildman–Crippen LogP) is 4.88. The second kappa shape index (κ2) is 8.71. The first-order valence-corrected chi connectivity index (χ1v) is 11.4. The number of rotatable bonds is 6. The SMILES string of the molecule is CCc1nn2c(N)c(-c3nc(-c4ccc(OC)c(OC)c4)cs3)nnc2c1-c1ccc(F)cc1. The van der Waals surface area contributed by atoms with Gasteiger partial charge in [0, 0.05) is 10.9 Å². The van der Waals surface area contributed by atoms with Crippen molar-refractivity contribution in [1.29, 1.82) is 0 Å². The Balaban J connectivity index is 1.58. The van der Waals surface area contributed by atoms with Gasteiger partial charge in [-0.25, -0.2) is 9.37 Å². The number of methoxy groups -OCH3 is 2. The molecule has 5 aromatic rings. The van der Waals surface area contributed by atoms with Crippen molar-refractivity contribution in [2.45, 2.75) is 13.3 Å². The highest BCUT2D eigenvalue weighted by Crippen LogP contribution is 2.36. The molecule has 0 aliphatic heterocycles. The van der Waals surface area contributed by atoms with Crippen LogP contribution in [0.15, 0.2) is 47.8 Å². The molecule has 0 atom stereocenters. The molecule has 0 fully saturated rings. The van der Waals surface area contributed by atoms with E-state index >= 15 is 0 Å². The second-order valence-corrected chi connectivity index (χ2v) is 8.32. The van der Waals surface area contributed by atoms with Crippen LogP contribution in [0.1, 0.15) is 12.6 Å². The Morgan fingerprint density at radius 3 is 2.44 bits per heavy atom. The van der Waals surface area contributed by atoms with Gasteiger partial charge in [-0.05, 0) is 42.3 Å². The van der Waals surface area contributed by atoms with Gasteiger partial charge in [-0.15, -0.1) is 21.5 Å². The van der Waals surface area contributed by atoms with Gasteiger partial charge in [0.15, 0.2) is 28.7 Å². The first-order valence-electron chi connectivity index (χ1n) is 10.5. The highest BCUT2D eigenvalue weighted by Gasteiger charge is 2.21. The maximum absolute atomic E-state index is 13.4. The van der Waals surface area contributed by atoms with E-state index in [1.165, 1.54) is 23.5 Å². The average molecular weight is 477 g/mol. The average Bonchev–Trinajstić information content (AvgIpc) is 3.50. The molecule has 0 radical (unpaired) electrons. The van der Waals surface area contributed by atoms with Gasteiger partial charge in [0.05, 0.1) is 31.2 Å². The third kappa shape index (κ3) is 3.61. The summed E-state index contributed by atoms with van der Waals surface area (Å²) in [4.78, 5) is 4.72. The van der Waals surface area contributed by atoms with Gasteiger partial charge >= 0.3 is 0 Å². The predicted molar refractivity (Wildman–Crippen MR) is 130 cm³/mol. The number of ether oxygens (including phenoxy) is 2. The number of nitrogens with two attached hydrogens (primary N) is 1. The Labute approximate surface area is 198 Å². The molecular weight excluding hydrogens is 455 g/mol. The molecule has 8 nitrogen and oxygen atoms in total. The highest BCUT2D eigenvalue weighted by molar-refractivity contribution is 7.13. The van der Waals surface area contributed by atoms with Crippen LogP contribution in [-0.4, -0.2) is 39.0 Å². The lowest BCUT2D eigenvalue weighted by Crippen LogP contribution is -2.05. The largest absolute Gasteiger partial charge is 0.493 e. The molecule has 2 aromatic carbocycles. The minimum absolute atomic E-state index is 0.305. The molecule has 0 amide bonds. The Bertz CT molecular complexity index is 1500. The standard InChI is InChI=1S/C24H21FN6O2S/c1-4-16-20(13-5-8-15(25)9-6-13)23-29-28-21(22(26)31(23)30-16)24-27-17(12-34-24)14-7-10-18(32-2)19(11-14)33-3/h5-12H,4,26H2,1-3H3. The van der Waals surface area contributed by atoms with Gasteiger partial charge < -0.3 is 15.2 Å². The van der Waals surface area contributed by atoms with Crippen molar-refractivity contribution in [3.63, 3.8) is 0 Å². The van der Waals surface area contributed by atoms with E-state index in [2.05, 4.69) is 15.3 Å². The normalized spacial score (nSPS) is 11.2. The van der Waals surface area contributed by atoms with Gasteiger partial charge in [-0.1, -0.05) is 19.1 Å². The zero-order valence-corrected chi connectivity index (χ0v) is 19.6. The first kappa shape index (κ1) is 21.8. The molecule has 172 valence electrons. The quantitative estimate of drug-likeness (QED) is 0.373. The molecule has 0 saturated carbocycles. The molecule has 0 aliphatic rings. The Hall–Kier alpha value is -4.05. The van der Waals surface area contributed by atoms with Crippen LogP contribution in [0.2, 0.25) is 0 Å². The smallest absolute Gasteiger partial charge is 0.187 e. The van der Waals surface area contributed by atoms with Gasteiger partial charge in [0.25, 0.3) is 0 Å². The summed E-state index contributed by atoms with van der Waals surface area (Å²) in [5.74, 6) is 1.29. The van der Waals surface area contributed by atoms with Crippen LogP contribution in [0.25, 0.3) is 38.7 Å². The number of benzene rings is 2. The second-order valence-electron chi connectivity index (χ2n) is 7.46. The topological polar surface area (TPSA) is 100 Å². The Morgan fingerprint density at radius 2 is 1.74 bits per heavy atom. The maximum atomic E-state index is 13.4. The summed E-state index contributed by atoms with van der Waals surface area (Å²) >= 11 is 1.41. The summed E-state index contributed by atoms with van der Waals surface area (Å²) < 4.78 is 25.7. The molecule has 34 heavy (non-hydrogen) atoms. The Morgan fingerprint density at radius 1 is 1.00 bits per heavy atom. The van der Waals surface area contributed by atoms with Crippen molar-refractivity contribution in [2.24, 2.45) is 0 Å². The van der Waals surface area contributed by atoms with Crippen LogP contribution in [-0.2, 0) is 6.42 Å². The maximum Gasteiger partial charge on any atom is 0.187 e. The lowest BCUT2D eigenvalue weighted by atomic mass is 10.0. The third-order valence-electron chi connectivity index (χ3n) is 5.50. The van der Waals surface area contributed by atoms with E-state index in [9.17, 15) is 4.39 Å². The molecule has 10 heteroatoms. The minimum atomic E-state index is -0.305. The summed E-state index contributed by atoms with van der Waals surface area (Å²) in [7, 11) is 3.19. The number of anilines is 1. The molecule has 3 heterocycles. The number of aromatic nitrogens is 5. The lowest BCUT2D eigenvalue weighted by Gasteiger charge is -2.08. The number of hydrogen-bond acceptors (Lipinski definition) is 8. The monoisotopic (exact) mass is 476 g/mol. The first-order chi connectivity index (χ1) is 16.5. The molecule has 0 unspecified atom stereocenters. The zero-order valence-electron chi connectivity index (χ0n) is 18.7. The number of hydrogen-bond donors (Lipinski definition) is 1. The number of nitrogens with zero attached hydrogens (tertiary/aromatic N) is 5. The molecule has 0 bridgehead atoms. The molecule has 2 N–H and O–H groups in total. The molecule has 0 spiro atoms. The summed E-state index contributed by atoms with van der Waals surface area (Å²) in [5, 5.41) is 16.0. The highest BCUT2D eigenvalue weighted by atomic mass is 32.1. The third-order valence-corrected chi connectivity index (χ3v) is 6.35. The van der Waals surface area contributed by atoms with E-state index in [0.29, 0.717) is 40.1 Å². The fourth-order valence-corrected chi connectivity index (χ4v) is 4.61. The van der Waals surface area contributed by atoms with Gasteiger partial charge in [0.1, 0.15) is 10.8 Å². The van der Waals surface area contributed by atoms with Crippen LogP contribution >= 0.6 is 11.3 Å². The number of nitrogen functional groups attached to an aromatic ring is 1. The van der Waals surface area contributed by atoms with Crippen LogP contribution < -0.4 is 15.2 Å². The van der Waals surface area contributed by atoms with E-state index < -0.39 is 0 Å². The summed E-state index contributed by atoms with van der Waals surface area (Å²) in [5.41, 5.74) is 11.5. The number of thiazole rings is 1. The number of halogens is 1. The Kier molecular flexibility index (Phi) is 5.58. The minimum Gasteiger partial charge on any atom is -0.493 e. The molecule has 0 saturated heterocycles. The van der Waals surface area contributed by atoms with Gasteiger partial charge in [-0.3, -0.25) is 0 Å². The van der Waals surface area contributed by atoms with Crippen LogP contribution in [0.3, 0.4) is 0 Å². The lowest BCUT2D eigenvalue weighted by molar-refractivity contribution is 0.355. The van der Waals surface area contributed by atoms with Crippen molar-refractivity contribution in [3.8, 4) is 44.6 Å². The molecule has 5 rings (SSSR count). The fourth-order valence-electron chi connectivity index (χ4n) is 3.78. The van der Waals surface area contributed by atoms with Crippen molar-refractivity contribution < 1.29 is 13.9 Å². The van der Waals surface area contributed by atoms with E-state index in [4.69, 9.17) is 20.2 Å². The number of aryl methyl sites for hydroxylation is 1. The van der Waals surface area contributed by atoms with Crippen molar-refractivity contribution in [3.05, 3.63) is 59.4 Å². The van der Waals surface area contributed by atoms with E-state index in [1.54, 1.807) is 30.9 Å². The fraction of sp³-hybridized carbons (Fsp3) is 0.167. The van der Waals surface area contributed by atoms with Gasteiger partial charge in [-0.2, -0.15) is 9.61 Å². The van der Waals surface area contributed by atoms with Crippen molar-refractivity contribution >= 4 is 22.8 Å². The molecule has 0 aliphatic carbocycles. The van der Waals surface area contributed by atoms with Crippen LogP contribution in [0, 0.1) is 5.82 Å². The van der Waals surface area contributed by atoms with Crippen molar-refractivity contribution in [1.82, 2.24) is 24.8 Å². The van der Waals surface area contributed by atoms with Crippen LogP contribution in [0.4, 0.5) is 10.2 Å². The van der Waals surface area contributed by atoms with Crippen LogP contribution in [0.5, 0.6) is 11.5 Å². The van der Waals surface area contributed by atoms with E-state index in [-0.39, 0.29) is 5.82 Å².